The Hall–Kier alpha value is -1.55. The Balaban J connectivity index is 0.00000420. The summed E-state index contributed by atoms with van der Waals surface area (Å²) < 4.78 is 5.77. The van der Waals surface area contributed by atoms with Gasteiger partial charge in [-0.2, -0.15) is 0 Å². The van der Waals surface area contributed by atoms with Crippen LogP contribution >= 0.6 is 24.0 Å². The minimum absolute atomic E-state index is 0. The smallest absolute Gasteiger partial charge is 0.221 e. The number of piperidine rings is 1. The van der Waals surface area contributed by atoms with Gasteiger partial charge < -0.3 is 25.6 Å². The SMILES string of the molecule is CCCN1CCC(NC(=NCCOc2cccc(NC(C)=O)c2)NCC)CC1.I. The number of carbonyl (C=O) groups excluding carboxylic acids is 1. The summed E-state index contributed by atoms with van der Waals surface area (Å²) in [6.45, 7) is 11.2. The summed E-state index contributed by atoms with van der Waals surface area (Å²) in [4.78, 5) is 18.3. The summed E-state index contributed by atoms with van der Waals surface area (Å²) in [5.74, 6) is 1.48. The molecule has 1 aromatic carbocycles. The number of nitrogens with zero attached hydrogens (tertiary/aromatic N) is 2. The third kappa shape index (κ3) is 10.2. The van der Waals surface area contributed by atoms with Gasteiger partial charge in [0, 0.05) is 44.4 Å². The molecule has 164 valence electrons. The van der Waals surface area contributed by atoms with E-state index in [1.165, 1.54) is 19.9 Å². The number of likely N-dealkylation sites (tertiary alicyclic amines) is 1. The molecule has 29 heavy (non-hydrogen) atoms. The lowest BCUT2D eigenvalue weighted by molar-refractivity contribution is -0.114. The highest BCUT2D eigenvalue weighted by atomic mass is 127. The molecule has 1 fully saturated rings. The fraction of sp³-hybridized carbons (Fsp3) is 0.619. The average molecular weight is 517 g/mol. The second kappa shape index (κ2) is 14.4. The van der Waals surface area contributed by atoms with E-state index in [1.54, 1.807) is 0 Å². The highest BCUT2D eigenvalue weighted by molar-refractivity contribution is 14.0. The van der Waals surface area contributed by atoms with Crippen molar-refractivity contribution in [2.45, 2.75) is 46.1 Å². The monoisotopic (exact) mass is 517 g/mol. The highest BCUT2D eigenvalue weighted by Crippen LogP contribution is 2.17. The van der Waals surface area contributed by atoms with E-state index in [1.807, 2.05) is 24.3 Å². The number of halogens is 1. The van der Waals surface area contributed by atoms with Crippen molar-refractivity contribution in [3.63, 3.8) is 0 Å². The maximum Gasteiger partial charge on any atom is 0.221 e. The quantitative estimate of drug-likeness (QED) is 0.203. The van der Waals surface area contributed by atoms with E-state index < -0.39 is 0 Å². The van der Waals surface area contributed by atoms with Crippen LogP contribution in [0, 0.1) is 0 Å². The van der Waals surface area contributed by atoms with Gasteiger partial charge >= 0.3 is 0 Å². The van der Waals surface area contributed by atoms with Crippen LogP contribution in [0.1, 0.15) is 40.0 Å². The largest absolute Gasteiger partial charge is 0.492 e. The van der Waals surface area contributed by atoms with Crippen LogP contribution < -0.4 is 20.7 Å². The number of aliphatic imine (C=N–C) groups is 1. The predicted octanol–water partition coefficient (Wildman–Crippen LogP) is 3.07. The lowest BCUT2D eigenvalue weighted by atomic mass is 10.1. The normalized spacial score (nSPS) is 15.3. The van der Waals surface area contributed by atoms with Crippen LogP contribution in [0.25, 0.3) is 0 Å². The van der Waals surface area contributed by atoms with Gasteiger partial charge in [-0.1, -0.05) is 13.0 Å². The molecular weight excluding hydrogens is 481 g/mol. The zero-order valence-electron chi connectivity index (χ0n) is 17.9. The molecule has 1 heterocycles. The molecule has 8 heteroatoms. The van der Waals surface area contributed by atoms with Crippen LogP contribution in [0.4, 0.5) is 5.69 Å². The third-order valence-electron chi connectivity index (χ3n) is 4.60. The summed E-state index contributed by atoms with van der Waals surface area (Å²) in [5, 5.41) is 9.63. The van der Waals surface area contributed by atoms with Crippen molar-refractivity contribution in [3.05, 3.63) is 24.3 Å². The molecule has 1 aliphatic heterocycles. The van der Waals surface area contributed by atoms with E-state index in [0.717, 1.165) is 49.9 Å². The van der Waals surface area contributed by atoms with Crippen LogP contribution in [0.5, 0.6) is 5.75 Å². The molecule has 0 aliphatic carbocycles. The fourth-order valence-corrected chi connectivity index (χ4v) is 3.32. The zero-order valence-corrected chi connectivity index (χ0v) is 20.2. The van der Waals surface area contributed by atoms with Crippen LogP contribution in [0.2, 0.25) is 0 Å². The van der Waals surface area contributed by atoms with Gasteiger partial charge in [-0.05, 0) is 44.9 Å². The number of carbonyl (C=O) groups is 1. The van der Waals surface area contributed by atoms with Crippen molar-refractivity contribution in [1.29, 1.82) is 0 Å². The first kappa shape index (κ1) is 25.5. The minimum Gasteiger partial charge on any atom is -0.492 e. The van der Waals surface area contributed by atoms with Crippen LogP contribution in [-0.4, -0.2) is 62.1 Å². The molecule has 0 unspecified atom stereocenters. The zero-order chi connectivity index (χ0) is 20.2. The first-order valence-corrected chi connectivity index (χ1v) is 10.4. The maximum absolute atomic E-state index is 11.1. The van der Waals surface area contributed by atoms with Crippen molar-refractivity contribution in [2.24, 2.45) is 4.99 Å². The van der Waals surface area contributed by atoms with Crippen molar-refractivity contribution in [1.82, 2.24) is 15.5 Å². The van der Waals surface area contributed by atoms with Crippen molar-refractivity contribution in [3.8, 4) is 5.75 Å². The van der Waals surface area contributed by atoms with Gasteiger partial charge in [-0.15, -0.1) is 24.0 Å². The maximum atomic E-state index is 11.1. The fourth-order valence-electron chi connectivity index (χ4n) is 3.32. The van der Waals surface area contributed by atoms with E-state index in [-0.39, 0.29) is 29.9 Å². The number of ether oxygens (including phenoxy) is 1. The van der Waals surface area contributed by atoms with Crippen molar-refractivity contribution in [2.75, 3.05) is 44.6 Å². The van der Waals surface area contributed by atoms with Gasteiger partial charge in [0.1, 0.15) is 12.4 Å². The summed E-state index contributed by atoms with van der Waals surface area (Å²) >= 11 is 0. The molecule has 1 saturated heterocycles. The number of rotatable bonds is 9. The molecule has 0 radical (unpaired) electrons. The first-order chi connectivity index (χ1) is 13.6. The van der Waals surface area contributed by atoms with E-state index >= 15 is 0 Å². The Morgan fingerprint density at radius 1 is 1.28 bits per heavy atom. The molecule has 0 bridgehead atoms. The number of hydrogen-bond donors (Lipinski definition) is 3. The Labute approximate surface area is 192 Å². The molecular formula is C21H36IN5O2. The van der Waals surface area contributed by atoms with Crippen LogP contribution in [0.3, 0.4) is 0 Å². The molecule has 0 atom stereocenters. The van der Waals surface area contributed by atoms with Gasteiger partial charge in [0.25, 0.3) is 0 Å². The third-order valence-corrected chi connectivity index (χ3v) is 4.60. The van der Waals surface area contributed by atoms with Crippen LogP contribution in [0.15, 0.2) is 29.3 Å². The molecule has 0 saturated carbocycles. The summed E-state index contributed by atoms with van der Waals surface area (Å²) in [5.41, 5.74) is 0.734. The van der Waals surface area contributed by atoms with E-state index in [4.69, 9.17) is 4.74 Å². The number of nitrogens with one attached hydrogen (secondary N) is 3. The highest BCUT2D eigenvalue weighted by Gasteiger charge is 2.19. The number of hydrogen-bond acceptors (Lipinski definition) is 4. The van der Waals surface area contributed by atoms with Crippen molar-refractivity contribution >= 4 is 41.5 Å². The topological polar surface area (TPSA) is 78.0 Å². The number of anilines is 1. The van der Waals surface area contributed by atoms with E-state index in [2.05, 4.69) is 39.7 Å². The first-order valence-electron chi connectivity index (χ1n) is 10.4. The average Bonchev–Trinajstić information content (AvgIpc) is 2.67. The summed E-state index contributed by atoms with van der Waals surface area (Å²) in [7, 11) is 0. The van der Waals surface area contributed by atoms with Gasteiger partial charge in [0.15, 0.2) is 5.96 Å². The minimum atomic E-state index is -0.0939. The summed E-state index contributed by atoms with van der Waals surface area (Å²) in [6, 6.07) is 7.87. The van der Waals surface area contributed by atoms with E-state index in [0.29, 0.717) is 19.2 Å². The van der Waals surface area contributed by atoms with E-state index in [9.17, 15) is 4.79 Å². The summed E-state index contributed by atoms with van der Waals surface area (Å²) in [6.07, 6.45) is 3.52. The van der Waals surface area contributed by atoms with Crippen molar-refractivity contribution < 1.29 is 9.53 Å². The standard InChI is InChI=1S/C21H35N5O2.HI/c1-4-12-26-13-9-18(10-14-26)25-21(22-5-2)23-11-15-28-20-8-6-7-19(16-20)24-17(3)27;/h6-8,16,18H,4-5,9-15H2,1-3H3,(H,24,27)(H2,22,23,25);1H. The lowest BCUT2D eigenvalue weighted by Gasteiger charge is -2.32. The van der Waals surface area contributed by atoms with Gasteiger partial charge in [0.2, 0.25) is 5.91 Å². The molecule has 1 amide bonds. The van der Waals surface area contributed by atoms with Gasteiger partial charge in [-0.3, -0.25) is 4.79 Å². The van der Waals surface area contributed by atoms with Crippen LogP contribution in [-0.2, 0) is 4.79 Å². The Kier molecular flexibility index (Phi) is 12.7. The molecule has 1 aromatic rings. The number of benzene rings is 1. The Morgan fingerprint density at radius 2 is 2.03 bits per heavy atom. The molecule has 2 rings (SSSR count). The molecule has 0 aromatic heterocycles. The molecule has 3 N–H and O–H groups in total. The van der Waals surface area contributed by atoms with Gasteiger partial charge in [0.05, 0.1) is 6.54 Å². The lowest BCUT2D eigenvalue weighted by Crippen LogP contribution is -2.48. The molecule has 0 spiro atoms. The Bertz CT molecular complexity index is 633. The molecule has 7 nitrogen and oxygen atoms in total. The predicted molar refractivity (Wildman–Crippen MR) is 131 cm³/mol. The number of guanidine groups is 1. The van der Waals surface area contributed by atoms with Gasteiger partial charge in [-0.25, -0.2) is 4.99 Å². The molecule has 1 aliphatic rings. The second-order valence-corrected chi connectivity index (χ2v) is 7.08. The second-order valence-electron chi connectivity index (χ2n) is 7.08. The Morgan fingerprint density at radius 3 is 2.69 bits per heavy atom. The number of amides is 1.